The molecule has 0 amide bonds. The molecule has 4 nitrogen and oxygen atoms in total. The van der Waals surface area contributed by atoms with Gasteiger partial charge in [0.25, 0.3) is 0 Å². The van der Waals surface area contributed by atoms with Gasteiger partial charge in [-0.15, -0.1) is 0 Å². The maximum Gasteiger partial charge on any atom is 0.402 e. The predicted octanol–water partition coefficient (Wildman–Crippen LogP) is 2.54. The summed E-state index contributed by atoms with van der Waals surface area (Å²) in [5.74, 6) is 0. The Kier molecular flexibility index (Phi) is 4.70. The van der Waals surface area contributed by atoms with Crippen LogP contribution in [0.4, 0.5) is 18.9 Å². The topological polar surface area (TPSA) is 63.4 Å². The van der Waals surface area contributed by atoms with Gasteiger partial charge in [-0.2, -0.15) is 17.5 Å². The minimum Gasteiger partial charge on any atom is -0.399 e. The van der Waals surface area contributed by atoms with Crippen LogP contribution in [0.5, 0.6) is 0 Å². The fourth-order valence-electron chi connectivity index (χ4n) is 1.81. The summed E-state index contributed by atoms with van der Waals surface area (Å²) in [5, 5.41) is 0. The summed E-state index contributed by atoms with van der Waals surface area (Å²) in [5.41, 5.74) is 6.19. The van der Waals surface area contributed by atoms with Gasteiger partial charge in [0.1, 0.15) is 6.54 Å². The van der Waals surface area contributed by atoms with Crippen LogP contribution in [-0.4, -0.2) is 31.5 Å². The number of anilines is 1. The molecule has 0 bridgehead atoms. The van der Waals surface area contributed by atoms with E-state index in [1.807, 2.05) is 0 Å². The molecule has 1 aromatic rings. The van der Waals surface area contributed by atoms with E-state index in [4.69, 9.17) is 5.73 Å². The Bertz CT molecular complexity index is 583. The Hall–Kier alpha value is -1.28. The molecule has 0 saturated heterocycles. The van der Waals surface area contributed by atoms with E-state index in [-0.39, 0.29) is 4.90 Å². The Morgan fingerprint density at radius 2 is 1.85 bits per heavy atom. The highest BCUT2D eigenvalue weighted by molar-refractivity contribution is 7.89. The molecule has 0 atom stereocenters. The van der Waals surface area contributed by atoms with Crippen LogP contribution < -0.4 is 5.73 Å². The summed E-state index contributed by atoms with van der Waals surface area (Å²) in [6.07, 6.45) is -4.60. The monoisotopic (exact) mass is 310 g/mol. The summed E-state index contributed by atoms with van der Waals surface area (Å²) in [6.45, 7) is 2.78. The van der Waals surface area contributed by atoms with E-state index in [1.165, 1.54) is 39.0 Å². The number of benzene rings is 1. The van der Waals surface area contributed by atoms with Gasteiger partial charge in [-0.3, -0.25) is 0 Å². The van der Waals surface area contributed by atoms with Crippen LogP contribution in [-0.2, 0) is 10.0 Å². The van der Waals surface area contributed by atoms with E-state index >= 15 is 0 Å². The van der Waals surface area contributed by atoms with Gasteiger partial charge in [-0.1, -0.05) is 0 Å². The van der Waals surface area contributed by atoms with Crippen molar-refractivity contribution in [2.24, 2.45) is 0 Å². The van der Waals surface area contributed by atoms with Gasteiger partial charge in [0.05, 0.1) is 4.90 Å². The first-order chi connectivity index (χ1) is 8.95. The van der Waals surface area contributed by atoms with Crippen LogP contribution in [0.3, 0.4) is 0 Å². The molecule has 0 heterocycles. The number of hydrogen-bond acceptors (Lipinski definition) is 3. The molecule has 0 spiro atoms. The van der Waals surface area contributed by atoms with Crippen LogP contribution >= 0.6 is 0 Å². The standard InChI is InChI=1S/C12H17F3N2O2S/c1-8(2)17(7-12(13,14)15)20(18,19)11-5-4-10(16)6-9(11)3/h4-6,8H,7,16H2,1-3H3. The van der Waals surface area contributed by atoms with Gasteiger partial charge in [-0.25, -0.2) is 8.42 Å². The number of nitrogens with zero attached hydrogens (tertiary/aromatic N) is 1. The molecule has 0 aliphatic carbocycles. The molecule has 0 aliphatic rings. The molecule has 0 unspecified atom stereocenters. The van der Waals surface area contributed by atoms with Crippen LogP contribution in [0.1, 0.15) is 19.4 Å². The fraction of sp³-hybridized carbons (Fsp3) is 0.500. The number of rotatable bonds is 4. The molecule has 2 N–H and O–H groups in total. The van der Waals surface area contributed by atoms with Crippen molar-refractivity contribution in [3.05, 3.63) is 23.8 Å². The highest BCUT2D eigenvalue weighted by atomic mass is 32.2. The molecular weight excluding hydrogens is 293 g/mol. The van der Waals surface area contributed by atoms with Crippen molar-refractivity contribution in [1.82, 2.24) is 4.31 Å². The van der Waals surface area contributed by atoms with Crippen molar-refractivity contribution in [3.63, 3.8) is 0 Å². The van der Waals surface area contributed by atoms with Crippen molar-refractivity contribution in [2.45, 2.75) is 37.9 Å². The molecule has 8 heteroatoms. The number of halogens is 3. The Balaban J connectivity index is 3.30. The summed E-state index contributed by atoms with van der Waals surface area (Å²) < 4.78 is 62.8. The molecule has 0 aliphatic heterocycles. The highest BCUT2D eigenvalue weighted by Crippen LogP contribution is 2.27. The molecule has 0 fully saturated rings. The third-order valence-electron chi connectivity index (χ3n) is 2.70. The zero-order valence-electron chi connectivity index (χ0n) is 11.4. The second-order valence-electron chi connectivity index (χ2n) is 4.78. The zero-order chi connectivity index (χ0) is 15.7. The summed E-state index contributed by atoms with van der Waals surface area (Å²) in [7, 11) is -4.22. The molecule has 0 saturated carbocycles. The van der Waals surface area contributed by atoms with Gasteiger partial charge in [0.2, 0.25) is 10.0 Å². The first kappa shape index (κ1) is 16.8. The van der Waals surface area contributed by atoms with E-state index < -0.39 is 28.8 Å². The Labute approximate surface area is 116 Å². The van der Waals surface area contributed by atoms with E-state index in [0.29, 0.717) is 15.6 Å². The lowest BCUT2D eigenvalue weighted by molar-refractivity contribution is -0.138. The maximum absolute atomic E-state index is 12.6. The number of alkyl halides is 3. The summed E-state index contributed by atoms with van der Waals surface area (Å²) in [4.78, 5) is -0.162. The van der Waals surface area contributed by atoms with Crippen LogP contribution in [0.2, 0.25) is 0 Å². The average molecular weight is 310 g/mol. The smallest absolute Gasteiger partial charge is 0.399 e. The minimum atomic E-state index is -4.60. The molecule has 1 rings (SSSR count). The van der Waals surface area contributed by atoms with Crippen LogP contribution in [0.15, 0.2) is 23.1 Å². The summed E-state index contributed by atoms with van der Waals surface area (Å²) in [6, 6.07) is 3.19. The molecule has 1 aromatic carbocycles. The largest absolute Gasteiger partial charge is 0.402 e. The maximum atomic E-state index is 12.6. The quantitative estimate of drug-likeness (QED) is 0.869. The third kappa shape index (κ3) is 3.86. The first-order valence-corrected chi connectivity index (χ1v) is 7.34. The Morgan fingerprint density at radius 3 is 2.25 bits per heavy atom. The summed E-state index contributed by atoms with van der Waals surface area (Å²) >= 11 is 0. The number of nitrogen functional groups attached to an aromatic ring is 1. The Morgan fingerprint density at radius 1 is 1.30 bits per heavy atom. The minimum absolute atomic E-state index is 0.162. The van der Waals surface area contributed by atoms with Gasteiger partial charge < -0.3 is 5.73 Å². The number of aryl methyl sites for hydroxylation is 1. The van der Waals surface area contributed by atoms with Gasteiger partial charge >= 0.3 is 6.18 Å². The van der Waals surface area contributed by atoms with Crippen LogP contribution in [0.25, 0.3) is 0 Å². The van der Waals surface area contributed by atoms with Crippen LogP contribution in [0, 0.1) is 6.92 Å². The van der Waals surface area contributed by atoms with E-state index in [1.54, 1.807) is 0 Å². The van der Waals surface area contributed by atoms with Gasteiger partial charge in [0, 0.05) is 11.7 Å². The van der Waals surface area contributed by atoms with E-state index in [2.05, 4.69) is 0 Å². The van der Waals surface area contributed by atoms with E-state index in [0.717, 1.165) is 0 Å². The number of sulfonamides is 1. The molecule has 114 valence electrons. The second-order valence-corrected chi connectivity index (χ2v) is 6.64. The van der Waals surface area contributed by atoms with Crippen molar-refractivity contribution < 1.29 is 21.6 Å². The second kappa shape index (κ2) is 5.61. The number of nitrogens with two attached hydrogens (primary N) is 1. The lowest BCUT2D eigenvalue weighted by Gasteiger charge is -2.27. The first-order valence-electron chi connectivity index (χ1n) is 5.90. The van der Waals surface area contributed by atoms with Gasteiger partial charge in [-0.05, 0) is 44.5 Å². The lowest BCUT2D eigenvalue weighted by atomic mass is 10.2. The molecular formula is C12H17F3N2O2S. The van der Waals surface area contributed by atoms with Crippen molar-refractivity contribution >= 4 is 15.7 Å². The van der Waals surface area contributed by atoms with Crippen molar-refractivity contribution in [3.8, 4) is 0 Å². The lowest BCUT2D eigenvalue weighted by Crippen LogP contribution is -2.43. The molecule has 20 heavy (non-hydrogen) atoms. The predicted molar refractivity (Wildman–Crippen MR) is 70.7 cm³/mol. The van der Waals surface area contributed by atoms with Crippen molar-refractivity contribution in [2.75, 3.05) is 12.3 Å². The fourth-order valence-corrected chi connectivity index (χ4v) is 3.64. The molecule has 0 radical (unpaired) electrons. The van der Waals surface area contributed by atoms with E-state index in [9.17, 15) is 21.6 Å². The normalized spacial score (nSPS) is 13.2. The highest BCUT2D eigenvalue weighted by Gasteiger charge is 2.38. The average Bonchev–Trinajstić information content (AvgIpc) is 2.23. The third-order valence-corrected chi connectivity index (χ3v) is 4.88. The molecule has 0 aromatic heterocycles. The van der Waals surface area contributed by atoms with Gasteiger partial charge in [0.15, 0.2) is 0 Å². The zero-order valence-corrected chi connectivity index (χ0v) is 12.2. The number of hydrogen-bond donors (Lipinski definition) is 1. The van der Waals surface area contributed by atoms with Crippen molar-refractivity contribution in [1.29, 1.82) is 0 Å². The SMILES string of the molecule is Cc1cc(N)ccc1S(=O)(=O)N(CC(F)(F)F)C(C)C.